The first kappa shape index (κ1) is 25.9. The highest BCUT2D eigenvalue weighted by Gasteiger charge is 2.38. The van der Waals surface area contributed by atoms with Gasteiger partial charge in [-0.25, -0.2) is 4.79 Å². The van der Waals surface area contributed by atoms with Crippen molar-refractivity contribution in [3.05, 3.63) is 83.4 Å². The third-order valence-corrected chi connectivity index (χ3v) is 5.79. The Kier molecular flexibility index (Phi) is 8.98. The van der Waals surface area contributed by atoms with Crippen LogP contribution >= 0.6 is 0 Å². The number of hydrogen-bond acceptors (Lipinski definition) is 6. The van der Waals surface area contributed by atoms with Crippen LogP contribution in [0.2, 0.25) is 0 Å². The van der Waals surface area contributed by atoms with Crippen LogP contribution < -0.4 is 4.74 Å². The Bertz CT molecular complexity index is 1100. The van der Waals surface area contributed by atoms with E-state index in [0.717, 1.165) is 28.5 Å². The molecule has 7 heteroatoms. The first-order chi connectivity index (χ1) is 16.8. The van der Waals surface area contributed by atoms with Crippen molar-refractivity contribution in [3.8, 4) is 5.75 Å². The summed E-state index contributed by atoms with van der Waals surface area (Å²) in [7, 11) is 1.33. The summed E-state index contributed by atoms with van der Waals surface area (Å²) in [5.41, 5.74) is 4.11. The van der Waals surface area contributed by atoms with Crippen molar-refractivity contribution < 1.29 is 28.6 Å². The fraction of sp³-hybridized carbons (Fsp3) is 0.321. The van der Waals surface area contributed by atoms with Gasteiger partial charge in [-0.3, -0.25) is 9.59 Å². The zero-order valence-electron chi connectivity index (χ0n) is 20.4. The predicted octanol–water partition coefficient (Wildman–Crippen LogP) is 4.20. The summed E-state index contributed by atoms with van der Waals surface area (Å²) in [5, 5.41) is 0. The summed E-state index contributed by atoms with van der Waals surface area (Å²) in [6, 6.07) is 12.5. The van der Waals surface area contributed by atoms with Crippen molar-refractivity contribution in [2.45, 2.75) is 33.0 Å². The van der Waals surface area contributed by atoms with Gasteiger partial charge in [0, 0.05) is 12.1 Å². The van der Waals surface area contributed by atoms with E-state index in [-0.39, 0.29) is 11.8 Å². The molecule has 1 heterocycles. The van der Waals surface area contributed by atoms with Gasteiger partial charge >= 0.3 is 5.97 Å². The molecule has 7 nitrogen and oxygen atoms in total. The van der Waals surface area contributed by atoms with Gasteiger partial charge in [-0.15, -0.1) is 0 Å². The normalized spacial score (nSPS) is 13.7. The zero-order chi connectivity index (χ0) is 25.4. The van der Waals surface area contributed by atoms with E-state index in [1.807, 2.05) is 50.2 Å². The smallest absolute Gasteiger partial charge is 0.328 e. The number of hydrogen-bond donors (Lipinski definition) is 0. The summed E-state index contributed by atoms with van der Waals surface area (Å²) in [6.45, 7) is 9.23. The number of benzene rings is 2. The molecule has 0 aliphatic carbocycles. The molecule has 1 unspecified atom stereocenters. The molecule has 1 amide bonds. The molecule has 2 aromatic rings. The zero-order valence-corrected chi connectivity index (χ0v) is 20.4. The van der Waals surface area contributed by atoms with E-state index in [9.17, 15) is 14.4 Å². The molecule has 0 fully saturated rings. The molecule has 0 N–H and O–H groups in total. The van der Waals surface area contributed by atoms with Crippen molar-refractivity contribution in [2.75, 3.05) is 20.3 Å². The molecule has 1 atom stereocenters. The maximum atomic E-state index is 13.0. The molecule has 1 aliphatic rings. The van der Waals surface area contributed by atoms with Gasteiger partial charge in [0.25, 0.3) is 5.91 Å². The van der Waals surface area contributed by atoms with Gasteiger partial charge in [0.1, 0.15) is 24.7 Å². The van der Waals surface area contributed by atoms with Crippen molar-refractivity contribution in [2.24, 2.45) is 5.92 Å². The Balaban J connectivity index is 1.49. The van der Waals surface area contributed by atoms with Crippen LogP contribution in [0.15, 0.2) is 61.2 Å². The number of allylic oxidation sites excluding steroid dienone is 3. The highest BCUT2D eigenvalue weighted by atomic mass is 16.5. The molecule has 184 valence electrons. The van der Waals surface area contributed by atoms with Crippen molar-refractivity contribution in [1.82, 2.24) is 4.90 Å². The lowest BCUT2D eigenvalue weighted by Crippen LogP contribution is -2.45. The summed E-state index contributed by atoms with van der Waals surface area (Å²) < 4.78 is 16.4. The minimum Gasteiger partial charge on any atom is -0.491 e. The molecule has 0 spiro atoms. The molecule has 0 saturated carbocycles. The van der Waals surface area contributed by atoms with E-state index in [0.29, 0.717) is 37.7 Å². The van der Waals surface area contributed by atoms with Gasteiger partial charge in [0.2, 0.25) is 0 Å². The number of fused-ring (bicyclic) bond motifs is 1. The highest BCUT2D eigenvalue weighted by Crippen LogP contribution is 2.30. The van der Waals surface area contributed by atoms with Gasteiger partial charge in [0.15, 0.2) is 0 Å². The van der Waals surface area contributed by atoms with E-state index >= 15 is 0 Å². The summed E-state index contributed by atoms with van der Waals surface area (Å²) in [4.78, 5) is 37.2. The third kappa shape index (κ3) is 6.45. The van der Waals surface area contributed by atoms with Gasteiger partial charge < -0.3 is 19.1 Å². The average molecular weight is 478 g/mol. The Morgan fingerprint density at radius 3 is 2.54 bits per heavy atom. The van der Waals surface area contributed by atoms with Crippen LogP contribution in [0.5, 0.6) is 5.75 Å². The number of carbonyl (C=O) groups excluding carboxylic acids is 3. The Morgan fingerprint density at radius 1 is 1.14 bits per heavy atom. The second-order valence-corrected chi connectivity index (χ2v) is 8.58. The lowest BCUT2D eigenvalue weighted by Gasteiger charge is -2.28. The van der Waals surface area contributed by atoms with Crippen molar-refractivity contribution >= 4 is 23.7 Å². The maximum Gasteiger partial charge on any atom is 0.328 e. The maximum absolute atomic E-state index is 13.0. The SMILES string of the molecule is C=C(/C=C/C=O)c1ccc(COCCOc2ccc3c(c2)C(=O)N(C(C(=O)OC)C(C)C)C3)cc1. The van der Waals surface area contributed by atoms with Crippen LogP contribution in [0.4, 0.5) is 0 Å². The first-order valence-corrected chi connectivity index (χ1v) is 11.5. The van der Waals surface area contributed by atoms with Gasteiger partial charge in [-0.1, -0.05) is 56.8 Å². The molecule has 2 aromatic carbocycles. The van der Waals surface area contributed by atoms with Crippen LogP contribution in [-0.4, -0.2) is 49.4 Å². The highest BCUT2D eigenvalue weighted by molar-refractivity contribution is 6.01. The Morgan fingerprint density at radius 2 is 1.89 bits per heavy atom. The molecule has 0 saturated heterocycles. The van der Waals surface area contributed by atoms with E-state index in [1.54, 1.807) is 17.0 Å². The number of methoxy groups -OCH3 is 1. The van der Waals surface area contributed by atoms with Crippen LogP contribution in [-0.2, 0) is 32.2 Å². The number of amides is 1. The minimum atomic E-state index is -0.627. The number of rotatable bonds is 12. The fourth-order valence-electron chi connectivity index (χ4n) is 3.97. The topological polar surface area (TPSA) is 82.1 Å². The Labute approximate surface area is 206 Å². The molecule has 1 aliphatic heterocycles. The molecule has 0 radical (unpaired) electrons. The average Bonchev–Trinajstić information content (AvgIpc) is 3.17. The molecular weight excluding hydrogens is 446 g/mol. The van der Waals surface area contributed by atoms with Gasteiger partial charge in [0.05, 0.1) is 20.3 Å². The molecule has 0 bridgehead atoms. The van der Waals surface area contributed by atoms with E-state index in [4.69, 9.17) is 14.2 Å². The van der Waals surface area contributed by atoms with Crippen LogP contribution in [0.25, 0.3) is 5.57 Å². The van der Waals surface area contributed by atoms with Crippen molar-refractivity contribution in [1.29, 1.82) is 0 Å². The van der Waals surface area contributed by atoms with E-state index < -0.39 is 12.0 Å². The van der Waals surface area contributed by atoms with Gasteiger partial charge in [-0.2, -0.15) is 0 Å². The van der Waals surface area contributed by atoms with E-state index in [1.165, 1.54) is 13.2 Å². The number of aldehydes is 1. The monoisotopic (exact) mass is 477 g/mol. The quantitative estimate of drug-likeness (QED) is 0.150. The van der Waals surface area contributed by atoms with Crippen LogP contribution in [0.3, 0.4) is 0 Å². The summed E-state index contributed by atoms with van der Waals surface area (Å²) >= 11 is 0. The van der Waals surface area contributed by atoms with Crippen LogP contribution in [0.1, 0.15) is 40.9 Å². The molecular formula is C28H31NO6. The van der Waals surface area contributed by atoms with Crippen LogP contribution in [0, 0.1) is 5.92 Å². The number of esters is 1. The summed E-state index contributed by atoms with van der Waals surface area (Å²) in [5.74, 6) is -0.0986. The Hall–Kier alpha value is -3.71. The summed E-state index contributed by atoms with van der Waals surface area (Å²) in [6.07, 6.45) is 3.80. The predicted molar refractivity (Wildman–Crippen MR) is 133 cm³/mol. The molecule has 3 rings (SSSR count). The number of carbonyl (C=O) groups is 3. The minimum absolute atomic E-state index is 0.0668. The second-order valence-electron chi connectivity index (χ2n) is 8.58. The molecule has 35 heavy (non-hydrogen) atoms. The molecule has 0 aromatic heterocycles. The lowest BCUT2D eigenvalue weighted by molar-refractivity contribution is -0.147. The largest absolute Gasteiger partial charge is 0.491 e. The van der Waals surface area contributed by atoms with Crippen molar-refractivity contribution in [3.63, 3.8) is 0 Å². The van der Waals surface area contributed by atoms with E-state index in [2.05, 4.69) is 6.58 Å². The third-order valence-electron chi connectivity index (χ3n) is 5.79. The number of ether oxygens (including phenoxy) is 3. The second kappa shape index (κ2) is 12.1. The lowest BCUT2D eigenvalue weighted by atomic mass is 10.0. The standard InChI is InChI=1S/C28H31NO6/c1-19(2)26(28(32)33-4)29-17-23-11-12-24(16-25(23)27(29)31)35-15-14-34-18-21-7-9-22(10-8-21)20(3)6-5-13-30/h5-13,16,19,26H,3,14-15,17-18H2,1-2,4H3/b6-5+. The number of nitrogens with zero attached hydrogens (tertiary/aromatic N) is 1. The van der Waals surface area contributed by atoms with Gasteiger partial charge in [-0.05, 0) is 46.4 Å². The first-order valence-electron chi connectivity index (χ1n) is 11.5. The fourth-order valence-corrected chi connectivity index (χ4v) is 3.97.